The van der Waals surface area contributed by atoms with E-state index in [0.717, 1.165) is 31.7 Å². The molecule has 18 heavy (non-hydrogen) atoms. The lowest BCUT2D eigenvalue weighted by atomic mass is 9.95. The summed E-state index contributed by atoms with van der Waals surface area (Å²) in [5, 5.41) is 0. The standard InChI is InChI=1S/C15H21NOS/c1-12-6-5-9-16(15(12)17)10-14(11-18)13-7-3-2-4-8-13/h2-4,7-8,12,14,18H,5-6,9-11H2,1H3. The number of nitrogens with zero attached hydrogens (tertiary/aromatic N) is 1. The zero-order chi connectivity index (χ0) is 13.0. The lowest BCUT2D eigenvalue weighted by Gasteiger charge is -2.33. The number of amides is 1. The lowest BCUT2D eigenvalue weighted by Crippen LogP contribution is -2.42. The van der Waals surface area contributed by atoms with Gasteiger partial charge in [-0.25, -0.2) is 0 Å². The molecular formula is C15H21NOS. The predicted molar refractivity (Wildman–Crippen MR) is 78.0 cm³/mol. The third kappa shape index (κ3) is 3.08. The summed E-state index contributed by atoms with van der Waals surface area (Å²) in [5.74, 6) is 1.62. The fourth-order valence-electron chi connectivity index (χ4n) is 2.57. The van der Waals surface area contributed by atoms with Crippen molar-refractivity contribution in [3.63, 3.8) is 0 Å². The van der Waals surface area contributed by atoms with Crippen LogP contribution in [0.5, 0.6) is 0 Å². The summed E-state index contributed by atoms with van der Waals surface area (Å²) in [7, 11) is 0. The number of carbonyl (C=O) groups is 1. The van der Waals surface area contributed by atoms with Gasteiger partial charge in [0.1, 0.15) is 0 Å². The van der Waals surface area contributed by atoms with Gasteiger partial charge in [-0.3, -0.25) is 4.79 Å². The molecule has 0 bridgehead atoms. The number of carbonyl (C=O) groups excluding carboxylic acids is 1. The summed E-state index contributed by atoms with van der Waals surface area (Å²) in [5.41, 5.74) is 1.28. The Kier molecular flexibility index (Phi) is 4.70. The Morgan fingerprint density at radius 3 is 2.78 bits per heavy atom. The topological polar surface area (TPSA) is 20.3 Å². The molecule has 2 nitrogen and oxygen atoms in total. The van der Waals surface area contributed by atoms with Gasteiger partial charge in [0.25, 0.3) is 0 Å². The van der Waals surface area contributed by atoms with Crippen molar-refractivity contribution in [1.82, 2.24) is 4.90 Å². The maximum Gasteiger partial charge on any atom is 0.225 e. The molecule has 2 atom stereocenters. The smallest absolute Gasteiger partial charge is 0.225 e. The van der Waals surface area contributed by atoms with E-state index in [-0.39, 0.29) is 5.92 Å². The Labute approximate surface area is 115 Å². The average molecular weight is 263 g/mol. The monoisotopic (exact) mass is 263 g/mol. The molecule has 1 saturated heterocycles. The molecule has 98 valence electrons. The molecule has 2 unspecified atom stereocenters. The quantitative estimate of drug-likeness (QED) is 0.828. The van der Waals surface area contributed by atoms with Gasteiger partial charge in [0.05, 0.1) is 0 Å². The van der Waals surface area contributed by atoms with Crippen LogP contribution in [-0.4, -0.2) is 29.6 Å². The molecule has 0 aliphatic carbocycles. The maximum atomic E-state index is 12.1. The number of rotatable bonds is 4. The summed E-state index contributed by atoms with van der Waals surface area (Å²) < 4.78 is 0. The second kappa shape index (κ2) is 6.28. The molecule has 0 saturated carbocycles. The van der Waals surface area contributed by atoms with E-state index in [1.165, 1.54) is 5.56 Å². The molecule has 1 amide bonds. The molecule has 0 spiro atoms. The van der Waals surface area contributed by atoms with Crippen LogP contribution in [0, 0.1) is 5.92 Å². The molecule has 1 fully saturated rings. The van der Waals surface area contributed by atoms with Crippen LogP contribution in [0.25, 0.3) is 0 Å². The van der Waals surface area contributed by atoms with Gasteiger partial charge in [0, 0.05) is 24.9 Å². The SMILES string of the molecule is CC1CCCN(CC(CS)c2ccccc2)C1=O. The fourth-order valence-corrected chi connectivity index (χ4v) is 2.90. The van der Waals surface area contributed by atoms with Crippen LogP contribution >= 0.6 is 12.6 Å². The van der Waals surface area contributed by atoms with Crippen LogP contribution in [0.1, 0.15) is 31.2 Å². The number of thiol groups is 1. The van der Waals surface area contributed by atoms with Crippen LogP contribution < -0.4 is 0 Å². The van der Waals surface area contributed by atoms with Crippen molar-refractivity contribution in [3.05, 3.63) is 35.9 Å². The minimum absolute atomic E-state index is 0.190. The van der Waals surface area contributed by atoms with Crippen LogP contribution in [0.15, 0.2) is 30.3 Å². The first-order chi connectivity index (χ1) is 8.72. The largest absolute Gasteiger partial charge is 0.342 e. The molecular weight excluding hydrogens is 242 g/mol. The summed E-state index contributed by atoms with van der Waals surface area (Å²) >= 11 is 4.44. The van der Waals surface area contributed by atoms with E-state index < -0.39 is 0 Å². The first-order valence-electron chi connectivity index (χ1n) is 6.67. The van der Waals surface area contributed by atoms with E-state index >= 15 is 0 Å². The van der Waals surface area contributed by atoms with E-state index in [1.807, 2.05) is 30.0 Å². The second-order valence-corrected chi connectivity index (χ2v) is 5.48. The highest BCUT2D eigenvalue weighted by atomic mass is 32.1. The number of benzene rings is 1. The molecule has 0 aromatic heterocycles. The third-order valence-electron chi connectivity index (χ3n) is 3.73. The van der Waals surface area contributed by atoms with Gasteiger partial charge in [-0.05, 0) is 24.2 Å². The normalized spacial score (nSPS) is 22.0. The zero-order valence-electron chi connectivity index (χ0n) is 10.9. The Bertz CT molecular complexity index is 393. The Morgan fingerprint density at radius 2 is 2.11 bits per heavy atom. The molecule has 2 rings (SSSR count). The van der Waals surface area contributed by atoms with Crippen LogP contribution in [0.4, 0.5) is 0 Å². The zero-order valence-corrected chi connectivity index (χ0v) is 11.8. The predicted octanol–water partition coefficient (Wildman–Crippen LogP) is 2.96. The molecule has 3 heteroatoms. The van der Waals surface area contributed by atoms with Crippen molar-refractivity contribution in [1.29, 1.82) is 0 Å². The van der Waals surface area contributed by atoms with Crippen LogP contribution in [0.3, 0.4) is 0 Å². The Hall–Kier alpha value is -0.960. The van der Waals surface area contributed by atoms with Crippen molar-refractivity contribution in [2.24, 2.45) is 5.92 Å². The van der Waals surface area contributed by atoms with Crippen molar-refractivity contribution in [3.8, 4) is 0 Å². The van der Waals surface area contributed by atoms with Gasteiger partial charge in [-0.15, -0.1) is 0 Å². The van der Waals surface area contributed by atoms with Crippen LogP contribution in [0.2, 0.25) is 0 Å². The van der Waals surface area contributed by atoms with E-state index in [1.54, 1.807) is 0 Å². The number of hydrogen-bond donors (Lipinski definition) is 1. The van der Waals surface area contributed by atoms with E-state index in [9.17, 15) is 4.79 Å². The summed E-state index contributed by atoms with van der Waals surface area (Å²) in [6.45, 7) is 3.74. The lowest BCUT2D eigenvalue weighted by molar-refractivity contribution is -0.137. The second-order valence-electron chi connectivity index (χ2n) is 5.12. The minimum Gasteiger partial charge on any atom is -0.342 e. The summed E-state index contributed by atoms with van der Waals surface area (Å²) in [6.07, 6.45) is 2.16. The summed E-state index contributed by atoms with van der Waals surface area (Å²) in [4.78, 5) is 14.1. The molecule has 1 aromatic carbocycles. The van der Waals surface area contributed by atoms with Crippen molar-refractivity contribution in [2.45, 2.75) is 25.7 Å². The van der Waals surface area contributed by atoms with Crippen LogP contribution in [-0.2, 0) is 4.79 Å². The van der Waals surface area contributed by atoms with Gasteiger partial charge in [0.15, 0.2) is 0 Å². The van der Waals surface area contributed by atoms with Gasteiger partial charge in [-0.1, -0.05) is 37.3 Å². The van der Waals surface area contributed by atoms with Crippen molar-refractivity contribution >= 4 is 18.5 Å². The molecule has 1 aromatic rings. The fraction of sp³-hybridized carbons (Fsp3) is 0.533. The highest BCUT2D eigenvalue weighted by molar-refractivity contribution is 7.80. The van der Waals surface area contributed by atoms with E-state index in [2.05, 4.69) is 24.8 Å². The van der Waals surface area contributed by atoms with Crippen molar-refractivity contribution < 1.29 is 4.79 Å². The van der Waals surface area contributed by atoms with Gasteiger partial charge < -0.3 is 4.90 Å². The molecule has 1 aliphatic rings. The van der Waals surface area contributed by atoms with Gasteiger partial charge in [0.2, 0.25) is 5.91 Å². The highest BCUT2D eigenvalue weighted by Gasteiger charge is 2.27. The van der Waals surface area contributed by atoms with E-state index in [4.69, 9.17) is 0 Å². The first kappa shape index (κ1) is 13.5. The number of likely N-dealkylation sites (tertiary alicyclic amines) is 1. The Morgan fingerprint density at radius 1 is 1.39 bits per heavy atom. The first-order valence-corrected chi connectivity index (χ1v) is 7.30. The molecule has 1 aliphatic heterocycles. The van der Waals surface area contributed by atoms with E-state index in [0.29, 0.717) is 11.8 Å². The summed E-state index contributed by atoms with van der Waals surface area (Å²) in [6, 6.07) is 10.4. The Balaban J connectivity index is 2.04. The molecule has 0 radical (unpaired) electrons. The maximum absolute atomic E-state index is 12.1. The van der Waals surface area contributed by atoms with Crippen molar-refractivity contribution in [2.75, 3.05) is 18.8 Å². The third-order valence-corrected chi connectivity index (χ3v) is 4.17. The average Bonchev–Trinajstić information content (AvgIpc) is 2.41. The molecule has 0 N–H and O–H groups in total. The number of piperidine rings is 1. The van der Waals surface area contributed by atoms with Gasteiger partial charge in [-0.2, -0.15) is 12.6 Å². The minimum atomic E-state index is 0.190. The highest BCUT2D eigenvalue weighted by Crippen LogP contribution is 2.23. The van der Waals surface area contributed by atoms with Gasteiger partial charge >= 0.3 is 0 Å². The molecule has 1 heterocycles. The number of hydrogen-bond acceptors (Lipinski definition) is 2.